The lowest BCUT2D eigenvalue weighted by atomic mass is 10.0. The largest absolute Gasteiger partial charge is 0.488 e. The first-order valence-electron chi connectivity index (χ1n) is 10.0. The number of piperazine rings is 1. The van der Waals surface area contributed by atoms with E-state index in [0.29, 0.717) is 25.1 Å². The molecule has 1 unspecified atom stereocenters. The van der Waals surface area contributed by atoms with Gasteiger partial charge in [0, 0.05) is 56.6 Å². The normalized spacial score (nSPS) is 18.1. The van der Waals surface area contributed by atoms with E-state index in [1.165, 1.54) is 17.8 Å². The van der Waals surface area contributed by atoms with Gasteiger partial charge in [-0.05, 0) is 30.2 Å². The highest BCUT2D eigenvalue weighted by molar-refractivity contribution is 5.94. The van der Waals surface area contributed by atoms with Gasteiger partial charge in [-0.25, -0.2) is 4.39 Å². The number of β-amino-alcohol motifs (C(OH)–C–C–N with tert-alkyl or cyclic N) is 1. The lowest BCUT2D eigenvalue weighted by Gasteiger charge is -2.36. The molecule has 4 rings (SSSR count). The first kappa shape index (κ1) is 19.7. The molecule has 0 aliphatic carbocycles. The van der Waals surface area contributed by atoms with Crippen LogP contribution in [0.1, 0.15) is 12.0 Å². The lowest BCUT2D eigenvalue weighted by Crippen LogP contribution is -2.49. The zero-order chi connectivity index (χ0) is 20.2. The molecule has 2 heterocycles. The van der Waals surface area contributed by atoms with Gasteiger partial charge in [0.25, 0.3) is 0 Å². The summed E-state index contributed by atoms with van der Waals surface area (Å²) >= 11 is 0. The number of aliphatic hydroxyl groups is 1. The fourth-order valence-corrected chi connectivity index (χ4v) is 3.85. The Morgan fingerprint density at radius 3 is 2.62 bits per heavy atom. The Kier molecular flexibility index (Phi) is 5.97. The van der Waals surface area contributed by atoms with Crippen molar-refractivity contribution in [2.75, 3.05) is 49.5 Å². The third-order valence-electron chi connectivity index (χ3n) is 5.45. The molecule has 2 N–H and O–H groups in total. The van der Waals surface area contributed by atoms with Gasteiger partial charge in [0.1, 0.15) is 12.7 Å². The molecule has 154 valence electrons. The molecule has 0 spiro atoms. The number of amides is 1. The third kappa shape index (κ3) is 4.86. The summed E-state index contributed by atoms with van der Waals surface area (Å²) in [6.07, 6.45) is 0.169. The molecule has 2 aromatic carbocycles. The van der Waals surface area contributed by atoms with E-state index in [4.69, 9.17) is 4.74 Å². The standard InChI is InChI=1S/C22H26FN3O3/c23-19-12-16-6-7-22(28)24-20(16)13-21(19)29-15-18(27)14-25-8-10-26(11-9-25)17-4-2-1-3-5-17/h1-5,12-13,18,27H,6-11,14-15H2,(H,24,28). The number of carbonyl (C=O) groups excluding carboxylic acids is 1. The van der Waals surface area contributed by atoms with Crippen LogP contribution in [0.25, 0.3) is 0 Å². The second-order valence-electron chi connectivity index (χ2n) is 7.58. The maximum atomic E-state index is 14.3. The van der Waals surface area contributed by atoms with Gasteiger partial charge in [-0.1, -0.05) is 18.2 Å². The SMILES string of the molecule is O=C1CCc2cc(F)c(OCC(O)CN3CCN(c4ccccc4)CC3)cc2N1. The highest BCUT2D eigenvalue weighted by Crippen LogP contribution is 2.30. The van der Waals surface area contributed by atoms with Crippen LogP contribution < -0.4 is 15.0 Å². The number of fused-ring (bicyclic) bond motifs is 1. The van der Waals surface area contributed by atoms with Crippen molar-refractivity contribution in [1.82, 2.24) is 4.90 Å². The maximum Gasteiger partial charge on any atom is 0.224 e. The van der Waals surface area contributed by atoms with Gasteiger partial charge >= 0.3 is 0 Å². The number of hydrogen-bond donors (Lipinski definition) is 2. The van der Waals surface area contributed by atoms with E-state index in [1.807, 2.05) is 18.2 Å². The number of aliphatic hydroxyl groups excluding tert-OH is 1. The number of anilines is 2. The molecule has 0 bridgehead atoms. The van der Waals surface area contributed by atoms with Gasteiger partial charge in [0.2, 0.25) is 5.91 Å². The van der Waals surface area contributed by atoms with E-state index in [1.54, 1.807) is 0 Å². The minimum atomic E-state index is -0.719. The molecule has 29 heavy (non-hydrogen) atoms. The van der Waals surface area contributed by atoms with Crippen molar-refractivity contribution >= 4 is 17.3 Å². The fourth-order valence-electron chi connectivity index (χ4n) is 3.85. The summed E-state index contributed by atoms with van der Waals surface area (Å²) < 4.78 is 19.8. The Labute approximate surface area is 169 Å². The number of nitrogens with one attached hydrogen (secondary N) is 1. The molecule has 0 saturated carbocycles. The van der Waals surface area contributed by atoms with Gasteiger partial charge in [-0.2, -0.15) is 0 Å². The van der Waals surface area contributed by atoms with Crippen LogP contribution in [0.15, 0.2) is 42.5 Å². The molecule has 1 fully saturated rings. The first-order chi connectivity index (χ1) is 14.1. The van der Waals surface area contributed by atoms with Crippen molar-refractivity contribution in [2.24, 2.45) is 0 Å². The van der Waals surface area contributed by atoms with Gasteiger partial charge in [0.15, 0.2) is 11.6 Å². The molecule has 1 saturated heterocycles. The van der Waals surface area contributed by atoms with Crippen molar-refractivity contribution in [2.45, 2.75) is 18.9 Å². The topological polar surface area (TPSA) is 65.0 Å². The zero-order valence-electron chi connectivity index (χ0n) is 16.3. The number of ether oxygens (including phenoxy) is 1. The quantitative estimate of drug-likeness (QED) is 0.780. The second-order valence-corrected chi connectivity index (χ2v) is 7.58. The van der Waals surface area contributed by atoms with Gasteiger partial charge in [0.05, 0.1) is 0 Å². The number of carbonyl (C=O) groups is 1. The minimum absolute atomic E-state index is 0.00253. The summed E-state index contributed by atoms with van der Waals surface area (Å²) in [6.45, 7) is 3.98. The van der Waals surface area contributed by atoms with Crippen LogP contribution >= 0.6 is 0 Å². The number of nitrogens with zero attached hydrogens (tertiary/aromatic N) is 2. The van der Waals surface area contributed by atoms with Crippen molar-refractivity contribution in [3.05, 3.63) is 53.8 Å². The number of aryl methyl sites for hydroxylation is 1. The van der Waals surface area contributed by atoms with Crippen LogP contribution in [0, 0.1) is 5.82 Å². The smallest absolute Gasteiger partial charge is 0.224 e. The Balaban J connectivity index is 1.26. The summed E-state index contributed by atoms with van der Waals surface area (Å²) in [4.78, 5) is 16.0. The average Bonchev–Trinajstić information content (AvgIpc) is 2.74. The number of rotatable bonds is 6. The predicted molar refractivity (Wildman–Crippen MR) is 110 cm³/mol. The molecule has 1 amide bonds. The molecule has 0 radical (unpaired) electrons. The van der Waals surface area contributed by atoms with Crippen LogP contribution in [0.2, 0.25) is 0 Å². The molecule has 1 atom stereocenters. The van der Waals surface area contributed by atoms with Crippen LogP contribution in [-0.4, -0.2) is 61.3 Å². The van der Waals surface area contributed by atoms with Gasteiger partial charge < -0.3 is 20.1 Å². The minimum Gasteiger partial charge on any atom is -0.488 e. The summed E-state index contributed by atoms with van der Waals surface area (Å²) in [6, 6.07) is 13.2. The van der Waals surface area contributed by atoms with E-state index in [-0.39, 0.29) is 18.3 Å². The van der Waals surface area contributed by atoms with E-state index >= 15 is 0 Å². The van der Waals surface area contributed by atoms with Crippen molar-refractivity contribution < 1.29 is 19.0 Å². The van der Waals surface area contributed by atoms with Crippen molar-refractivity contribution in [1.29, 1.82) is 0 Å². The molecular weight excluding hydrogens is 373 g/mol. The molecule has 2 aromatic rings. The van der Waals surface area contributed by atoms with E-state index in [0.717, 1.165) is 31.7 Å². The number of halogens is 1. The molecular formula is C22H26FN3O3. The summed E-state index contributed by atoms with van der Waals surface area (Å²) in [5.41, 5.74) is 2.57. The van der Waals surface area contributed by atoms with Crippen LogP contribution in [0.4, 0.5) is 15.8 Å². The highest BCUT2D eigenvalue weighted by Gasteiger charge is 2.21. The van der Waals surface area contributed by atoms with E-state index in [9.17, 15) is 14.3 Å². The second kappa shape index (κ2) is 8.80. The average molecular weight is 399 g/mol. The Bertz CT molecular complexity index is 854. The lowest BCUT2D eigenvalue weighted by molar-refractivity contribution is -0.116. The number of para-hydroxylation sites is 1. The molecule has 7 heteroatoms. The van der Waals surface area contributed by atoms with Crippen LogP contribution in [0.3, 0.4) is 0 Å². The molecule has 6 nitrogen and oxygen atoms in total. The van der Waals surface area contributed by atoms with Gasteiger partial charge in [-0.3, -0.25) is 9.69 Å². The number of hydrogen-bond acceptors (Lipinski definition) is 5. The Morgan fingerprint density at radius 2 is 1.86 bits per heavy atom. The first-order valence-corrected chi connectivity index (χ1v) is 10.0. The Hall–Kier alpha value is -2.64. The van der Waals surface area contributed by atoms with Crippen LogP contribution in [-0.2, 0) is 11.2 Å². The maximum absolute atomic E-state index is 14.3. The summed E-state index contributed by atoms with van der Waals surface area (Å²) in [5, 5.41) is 13.1. The van der Waals surface area contributed by atoms with E-state index in [2.05, 4.69) is 27.2 Å². The summed E-state index contributed by atoms with van der Waals surface area (Å²) in [7, 11) is 0. The number of benzene rings is 2. The highest BCUT2D eigenvalue weighted by atomic mass is 19.1. The van der Waals surface area contributed by atoms with Crippen molar-refractivity contribution in [3.63, 3.8) is 0 Å². The zero-order valence-corrected chi connectivity index (χ0v) is 16.3. The van der Waals surface area contributed by atoms with E-state index < -0.39 is 11.9 Å². The summed E-state index contributed by atoms with van der Waals surface area (Å²) in [5.74, 6) is -0.493. The van der Waals surface area contributed by atoms with Crippen LogP contribution in [0.5, 0.6) is 5.75 Å². The fraction of sp³-hybridized carbons (Fsp3) is 0.409. The monoisotopic (exact) mass is 399 g/mol. The predicted octanol–water partition coefficient (Wildman–Crippen LogP) is 2.27. The molecule has 0 aromatic heterocycles. The molecule has 2 aliphatic rings. The molecule has 2 aliphatic heterocycles. The third-order valence-corrected chi connectivity index (χ3v) is 5.45. The van der Waals surface area contributed by atoms with Crippen molar-refractivity contribution in [3.8, 4) is 5.75 Å². The Morgan fingerprint density at radius 1 is 1.10 bits per heavy atom. The van der Waals surface area contributed by atoms with Gasteiger partial charge in [-0.15, -0.1) is 0 Å².